The van der Waals surface area contributed by atoms with Crippen molar-refractivity contribution in [1.29, 1.82) is 0 Å². The molecular formula is C46H88O6. The number of carbonyl (C=O) groups is 3. The van der Waals surface area contributed by atoms with E-state index in [1.165, 1.54) is 148 Å². The zero-order valence-electron chi connectivity index (χ0n) is 35.3. The maximum Gasteiger partial charge on any atom is 0.306 e. The summed E-state index contributed by atoms with van der Waals surface area (Å²) in [5.41, 5.74) is 0. The summed E-state index contributed by atoms with van der Waals surface area (Å²) >= 11 is 0. The van der Waals surface area contributed by atoms with Gasteiger partial charge in [0.15, 0.2) is 6.10 Å². The highest BCUT2D eigenvalue weighted by Crippen LogP contribution is 2.17. The van der Waals surface area contributed by atoms with Crippen LogP contribution in [0.3, 0.4) is 0 Å². The van der Waals surface area contributed by atoms with Crippen LogP contribution in [0.1, 0.15) is 252 Å². The van der Waals surface area contributed by atoms with Gasteiger partial charge in [0, 0.05) is 19.3 Å². The summed E-state index contributed by atoms with van der Waals surface area (Å²) in [7, 11) is 0. The van der Waals surface area contributed by atoms with Gasteiger partial charge < -0.3 is 14.2 Å². The Balaban J connectivity index is 4.23. The standard InChI is InChI=1S/C46H88O6/c1-5-8-10-12-14-15-16-17-18-19-20-21-26-29-33-37-44(47)50-40-43(52-46(49)39-35-31-24-13-11-9-6-2)41-51-45(48)38-34-30-27-23-22-25-28-32-36-42(4)7-3/h42-43H,5-41H2,1-4H3/t42?,43-/m0/s1. The highest BCUT2D eigenvalue weighted by atomic mass is 16.6. The number of unbranched alkanes of at least 4 members (excludes halogenated alkanes) is 27. The summed E-state index contributed by atoms with van der Waals surface area (Å²) in [6, 6.07) is 0. The first-order valence-electron chi connectivity index (χ1n) is 22.9. The van der Waals surface area contributed by atoms with Gasteiger partial charge >= 0.3 is 17.9 Å². The second kappa shape index (κ2) is 40.6. The van der Waals surface area contributed by atoms with Crippen molar-refractivity contribution in [3.63, 3.8) is 0 Å². The van der Waals surface area contributed by atoms with Crippen LogP contribution in [0.15, 0.2) is 0 Å². The Morgan fingerprint density at radius 2 is 0.673 bits per heavy atom. The van der Waals surface area contributed by atoms with E-state index in [1.54, 1.807) is 0 Å². The van der Waals surface area contributed by atoms with Gasteiger partial charge in [-0.1, -0.05) is 214 Å². The van der Waals surface area contributed by atoms with Crippen LogP contribution >= 0.6 is 0 Å². The lowest BCUT2D eigenvalue weighted by atomic mass is 9.99. The number of ether oxygens (including phenoxy) is 3. The zero-order chi connectivity index (χ0) is 38.2. The molecule has 0 rings (SSSR count). The summed E-state index contributed by atoms with van der Waals surface area (Å²) < 4.78 is 16.7. The molecule has 0 N–H and O–H groups in total. The molecule has 6 heteroatoms. The van der Waals surface area contributed by atoms with E-state index in [4.69, 9.17) is 14.2 Å². The Labute approximate surface area is 323 Å². The van der Waals surface area contributed by atoms with Gasteiger partial charge in [-0.2, -0.15) is 0 Å². The van der Waals surface area contributed by atoms with E-state index in [0.717, 1.165) is 63.7 Å². The van der Waals surface area contributed by atoms with Crippen LogP contribution in [0.4, 0.5) is 0 Å². The molecular weight excluding hydrogens is 649 g/mol. The van der Waals surface area contributed by atoms with Crippen LogP contribution in [0.2, 0.25) is 0 Å². The van der Waals surface area contributed by atoms with Gasteiger partial charge in [-0.3, -0.25) is 14.4 Å². The van der Waals surface area contributed by atoms with Crippen molar-refractivity contribution in [3.05, 3.63) is 0 Å². The summed E-state index contributed by atoms with van der Waals surface area (Å²) in [6.07, 6.45) is 39.5. The molecule has 1 unspecified atom stereocenters. The second-order valence-electron chi connectivity index (χ2n) is 15.9. The molecule has 0 saturated heterocycles. The Bertz CT molecular complexity index is 783. The summed E-state index contributed by atoms with van der Waals surface area (Å²) in [5, 5.41) is 0. The molecule has 0 aromatic carbocycles. The molecule has 52 heavy (non-hydrogen) atoms. The summed E-state index contributed by atoms with van der Waals surface area (Å²) in [6.45, 7) is 8.96. The Kier molecular flexibility index (Phi) is 39.4. The van der Waals surface area contributed by atoms with Crippen molar-refractivity contribution in [2.75, 3.05) is 13.2 Å². The second-order valence-corrected chi connectivity index (χ2v) is 15.9. The lowest BCUT2D eigenvalue weighted by Gasteiger charge is -2.18. The molecule has 0 spiro atoms. The minimum atomic E-state index is -0.758. The number of rotatable bonds is 41. The molecule has 0 aliphatic heterocycles. The van der Waals surface area contributed by atoms with Crippen LogP contribution < -0.4 is 0 Å². The fraction of sp³-hybridized carbons (Fsp3) is 0.935. The molecule has 0 bridgehead atoms. The van der Waals surface area contributed by atoms with Crippen molar-refractivity contribution >= 4 is 17.9 Å². The molecule has 308 valence electrons. The molecule has 0 aliphatic carbocycles. The van der Waals surface area contributed by atoms with E-state index in [-0.39, 0.29) is 31.1 Å². The molecule has 0 fully saturated rings. The number of hydrogen-bond donors (Lipinski definition) is 0. The van der Waals surface area contributed by atoms with E-state index >= 15 is 0 Å². The van der Waals surface area contributed by atoms with E-state index in [2.05, 4.69) is 27.7 Å². The van der Waals surface area contributed by atoms with Gasteiger partial charge in [0.05, 0.1) is 0 Å². The lowest BCUT2D eigenvalue weighted by molar-refractivity contribution is -0.167. The first kappa shape index (κ1) is 50.4. The molecule has 0 amide bonds. The third kappa shape index (κ3) is 38.1. The first-order valence-corrected chi connectivity index (χ1v) is 22.9. The largest absolute Gasteiger partial charge is 0.462 e. The molecule has 0 aromatic heterocycles. The third-order valence-electron chi connectivity index (χ3n) is 10.7. The minimum Gasteiger partial charge on any atom is -0.462 e. The maximum atomic E-state index is 12.6. The molecule has 0 heterocycles. The monoisotopic (exact) mass is 737 g/mol. The number of esters is 3. The topological polar surface area (TPSA) is 78.9 Å². The highest BCUT2D eigenvalue weighted by Gasteiger charge is 2.19. The fourth-order valence-electron chi connectivity index (χ4n) is 6.77. The molecule has 0 radical (unpaired) electrons. The van der Waals surface area contributed by atoms with Crippen molar-refractivity contribution < 1.29 is 28.6 Å². The van der Waals surface area contributed by atoms with Gasteiger partial charge in [-0.25, -0.2) is 0 Å². The smallest absolute Gasteiger partial charge is 0.306 e. The number of carbonyl (C=O) groups excluding carboxylic acids is 3. The summed E-state index contributed by atoms with van der Waals surface area (Å²) in [5.74, 6) is -0.0135. The van der Waals surface area contributed by atoms with E-state index < -0.39 is 6.10 Å². The zero-order valence-corrected chi connectivity index (χ0v) is 35.3. The van der Waals surface area contributed by atoms with E-state index in [9.17, 15) is 14.4 Å². The predicted octanol–water partition coefficient (Wildman–Crippen LogP) is 14.3. The van der Waals surface area contributed by atoms with Crippen molar-refractivity contribution in [2.45, 2.75) is 259 Å². The molecule has 6 nitrogen and oxygen atoms in total. The summed E-state index contributed by atoms with van der Waals surface area (Å²) in [4.78, 5) is 37.6. The first-order chi connectivity index (χ1) is 25.4. The Hall–Kier alpha value is -1.59. The molecule has 0 saturated carbocycles. The SMILES string of the molecule is CCCCCCCCCCCCCCCCCC(=O)OC[C@@H](COC(=O)CCCCCCCCCCC(C)CC)OC(=O)CCCCCCCCC. The van der Waals surface area contributed by atoms with Gasteiger partial charge in [-0.15, -0.1) is 0 Å². The average molecular weight is 737 g/mol. The third-order valence-corrected chi connectivity index (χ3v) is 10.7. The van der Waals surface area contributed by atoms with Gasteiger partial charge in [0.25, 0.3) is 0 Å². The van der Waals surface area contributed by atoms with Crippen molar-refractivity contribution in [2.24, 2.45) is 5.92 Å². The van der Waals surface area contributed by atoms with Gasteiger partial charge in [0.2, 0.25) is 0 Å². The average Bonchev–Trinajstić information content (AvgIpc) is 3.14. The minimum absolute atomic E-state index is 0.0645. The van der Waals surface area contributed by atoms with Crippen LogP contribution in [0.5, 0.6) is 0 Å². The molecule has 0 aromatic rings. The predicted molar refractivity (Wildman–Crippen MR) is 220 cm³/mol. The van der Waals surface area contributed by atoms with Crippen LogP contribution in [0, 0.1) is 5.92 Å². The number of hydrogen-bond acceptors (Lipinski definition) is 6. The van der Waals surface area contributed by atoms with E-state index in [0.29, 0.717) is 19.3 Å². The van der Waals surface area contributed by atoms with Gasteiger partial charge in [-0.05, 0) is 25.2 Å². The van der Waals surface area contributed by atoms with Gasteiger partial charge in [0.1, 0.15) is 13.2 Å². The quantitative estimate of drug-likeness (QED) is 0.0353. The van der Waals surface area contributed by atoms with Crippen LogP contribution in [-0.4, -0.2) is 37.2 Å². The molecule has 2 atom stereocenters. The fourth-order valence-corrected chi connectivity index (χ4v) is 6.77. The van der Waals surface area contributed by atoms with Crippen molar-refractivity contribution in [3.8, 4) is 0 Å². The van der Waals surface area contributed by atoms with E-state index in [1.807, 2.05) is 0 Å². The highest BCUT2D eigenvalue weighted by molar-refractivity contribution is 5.71. The van der Waals surface area contributed by atoms with Crippen molar-refractivity contribution in [1.82, 2.24) is 0 Å². The maximum absolute atomic E-state index is 12.6. The Morgan fingerprint density at radius 3 is 1.00 bits per heavy atom. The van der Waals surface area contributed by atoms with Crippen LogP contribution in [-0.2, 0) is 28.6 Å². The molecule has 0 aliphatic rings. The Morgan fingerprint density at radius 1 is 0.385 bits per heavy atom. The van der Waals surface area contributed by atoms with Crippen LogP contribution in [0.25, 0.3) is 0 Å². The lowest BCUT2D eigenvalue weighted by Crippen LogP contribution is -2.30. The normalized spacial score (nSPS) is 12.5.